The second kappa shape index (κ2) is 11.7. The molecule has 4 aliphatic rings. The SMILES string of the molecule is O=C1NCCCCCCCCCCc2ccnc(c2)C(=O)N2CCN(CC2)c2ccc1nn2. The molecule has 6 heterocycles. The van der Waals surface area contributed by atoms with E-state index in [0.29, 0.717) is 44.1 Å². The molecule has 8 nitrogen and oxygen atoms in total. The lowest BCUT2D eigenvalue weighted by atomic mass is 10.0. The van der Waals surface area contributed by atoms with Gasteiger partial charge in [-0.2, -0.15) is 0 Å². The third kappa shape index (κ3) is 6.49. The quantitative estimate of drug-likeness (QED) is 0.663. The number of anilines is 1. The van der Waals surface area contributed by atoms with Crippen molar-refractivity contribution in [2.45, 2.75) is 57.8 Å². The molecule has 6 rings (SSSR count). The molecule has 0 spiro atoms. The summed E-state index contributed by atoms with van der Waals surface area (Å²) in [5.74, 6) is 0.547. The summed E-state index contributed by atoms with van der Waals surface area (Å²) in [6, 6.07) is 7.55. The number of carbonyl (C=O) groups is 2. The van der Waals surface area contributed by atoms with E-state index in [9.17, 15) is 9.59 Å². The molecule has 6 bridgehead atoms. The monoisotopic (exact) mass is 450 g/mol. The normalized spacial score (nSPS) is 19.3. The van der Waals surface area contributed by atoms with Crippen LogP contribution in [0.5, 0.6) is 0 Å². The maximum atomic E-state index is 13.0. The molecule has 1 saturated heterocycles. The van der Waals surface area contributed by atoms with Gasteiger partial charge in [0, 0.05) is 38.9 Å². The van der Waals surface area contributed by atoms with Crippen molar-refractivity contribution in [1.29, 1.82) is 0 Å². The van der Waals surface area contributed by atoms with Crippen molar-refractivity contribution in [2.24, 2.45) is 0 Å². The van der Waals surface area contributed by atoms with Crippen LogP contribution in [0.25, 0.3) is 0 Å². The fourth-order valence-electron chi connectivity index (χ4n) is 4.47. The smallest absolute Gasteiger partial charge is 0.272 e. The second-order valence-electron chi connectivity index (χ2n) is 8.94. The van der Waals surface area contributed by atoms with E-state index in [1.54, 1.807) is 12.3 Å². The van der Waals surface area contributed by atoms with Gasteiger partial charge in [0.1, 0.15) is 5.69 Å². The Morgan fingerprint density at radius 2 is 1.42 bits per heavy atom. The summed E-state index contributed by atoms with van der Waals surface area (Å²) in [6.45, 7) is 3.23. The number of aryl methyl sites for hydroxylation is 1. The number of nitrogens with one attached hydrogen (secondary N) is 1. The Morgan fingerprint density at radius 3 is 2.15 bits per heavy atom. The first-order valence-electron chi connectivity index (χ1n) is 12.3. The highest BCUT2D eigenvalue weighted by Crippen LogP contribution is 2.16. The maximum Gasteiger partial charge on any atom is 0.272 e. The van der Waals surface area contributed by atoms with Crippen molar-refractivity contribution in [3.8, 4) is 0 Å². The summed E-state index contributed by atoms with van der Waals surface area (Å²) in [4.78, 5) is 33.6. The number of nitrogens with zero attached hydrogens (tertiary/aromatic N) is 5. The van der Waals surface area contributed by atoms with Gasteiger partial charge in [0.05, 0.1) is 0 Å². The number of aromatic nitrogens is 3. The molecule has 8 heteroatoms. The van der Waals surface area contributed by atoms with Gasteiger partial charge in [-0.15, -0.1) is 10.2 Å². The summed E-state index contributed by atoms with van der Waals surface area (Å²) < 4.78 is 0. The fourth-order valence-corrected chi connectivity index (χ4v) is 4.47. The van der Waals surface area contributed by atoms with Gasteiger partial charge in [0.25, 0.3) is 11.8 Å². The van der Waals surface area contributed by atoms with Crippen LogP contribution >= 0.6 is 0 Å². The first-order valence-corrected chi connectivity index (χ1v) is 12.3. The van der Waals surface area contributed by atoms with Crippen molar-refractivity contribution in [3.63, 3.8) is 0 Å². The zero-order chi connectivity index (χ0) is 22.9. The Labute approximate surface area is 195 Å². The zero-order valence-electron chi connectivity index (χ0n) is 19.3. The Hall–Kier alpha value is -3.03. The van der Waals surface area contributed by atoms with Gasteiger partial charge < -0.3 is 15.1 Å². The van der Waals surface area contributed by atoms with E-state index in [0.717, 1.165) is 31.5 Å². The number of pyridine rings is 1. The Balaban J connectivity index is 1.42. The van der Waals surface area contributed by atoms with Crippen LogP contribution in [0.2, 0.25) is 0 Å². The molecular weight excluding hydrogens is 416 g/mol. The molecular formula is C25H34N6O2. The van der Waals surface area contributed by atoms with E-state index in [2.05, 4.69) is 25.4 Å². The number of hydrogen-bond acceptors (Lipinski definition) is 6. The van der Waals surface area contributed by atoms with E-state index in [4.69, 9.17) is 0 Å². The number of piperazine rings is 1. The van der Waals surface area contributed by atoms with Gasteiger partial charge in [0.2, 0.25) is 0 Å². The van der Waals surface area contributed by atoms with Crippen molar-refractivity contribution in [3.05, 3.63) is 47.4 Å². The van der Waals surface area contributed by atoms with Crippen LogP contribution in [0.3, 0.4) is 0 Å². The van der Waals surface area contributed by atoms with E-state index in [1.165, 1.54) is 37.7 Å². The van der Waals surface area contributed by atoms with Crippen LogP contribution in [-0.4, -0.2) is 64.6 Å². The third-order valence-electron chi connectivity index (χ3n) is 6.50. The van der Waals surface area contributed by atoms with Gasteiger partial charge in [-0.25, -0.2) is 0 Å². The molecule has 1 N–H and O–H groups in total. The first-order chi connectivity index (χ1) is 16.2. The summed E-state index contributed by atoms with van der Waals surface area (Å²) in [6.07, 6.45) is 12.2. The highest BCUT2D eigenvalue weighted by molar-refractivity contribution is 5.93. The summed E-state index contributed by atoms with van der Waals surface area (Å²) >= 11 is 0. The van der Waals surface area contributed by atoms with Gasteiger partial charge in [-0.1, -0.05) is 38.5 Å². The zero-order valence-corrected chi connectivity index (χ0v) is 19.3. The topological polar surface area (TPSA) is 91.3 Å². The van der Waals surface area contributed by atoms with E-state index < -0.39 is 0 Å². The molecule has 4 aliphatic heterocycles. The van der Waals surface area contributed by atoms with Crippen LogP contribution in [0.1, 0.15) is 77.9 Å². The van der Waals surface area contributed by atoms with Crippen molar-refractivity contribution in [1.82, 2.24) is 25.4 Å². The lowest BCUT2D eigenvalue weighted by Crippen LogP contribution is -2.49. The first kappa shape index (κ1) is 23.1. The van der Waals surface area contributed by atoms with Crippen LogP contribution in [0.15, 0.2) is 30.5 Å². The van der Waals surface area contributed by atoms with Gasteiger partial charge in [-0.05, 0) is 49.1 Å². The molecule has 0 radical (unpaired) electrons. The average Bonchev–Trinajstić information content (AvgIpc) is 2.86. The lowest BCUT2D eigenvalue weighted by molar-refractivity contribution is 0.0740. The Kier molecular flexibility index (Phi) is 8.22. The molecule has 2 aromatic rings. The van der Waals surface area contributed by atoms with Crippen LogP contribution < -0.4 is 10.2 Å². The molecule has 176 valence electrons. The summed E-state index contributed by atoms with van der Waals surface area (Å²) in [5, 5.41) is 11.3. The molecule has 0 aromatic carbocycles. The van der Waals surface area contributed by atoms with Crippen LogP contribution in [-0.2, 0) is 6.42 Å². The van der Waals surface area contributed by atoms with Crippen molar-refractivity contribution >= 4 is 17.6 Å². The van der Waals surface area contributed by atoms with Crippen molar-refractivity contribution < 1.29 is 9.59 Å². The summed E-state index contributed by atoms with van der Waals surface area (Å²) in [7, 11) is 0. The highest BCUT2D eigenvalue weighted by Gasteiger charge is 2.24. The predicted octanol–water partition coefficient (Wildman–Crippen LogP) is 3.24. The second-order valence-corrected chi connectivity index (χ2v) is 8.94. The standard InChI is InChI=1S/C25H34N6O2/c32-24-21-10-11-23(29-28-21)30-15-17-31(18-16-30)25(33)22-19-20(12-14-26-22)9-7-5-3-1-2-4-6-8-13-27-24/h10-12,14,19H,1-9,13,15-18H2,(H,27,32). The molecule has 33 heavy (non-hydrogen) atoms. The maximum absolute atomic E-state index is 13.0. The molecule has 2 aromatic heterocycles. The van der Waals surface area contributed by atoms with E-state index in [1.807, 2.05) is 23.1 Å². The molecule has 0 saturated carbocycles. The Bertz CT molecular complexity index is 925. The largest absolute Gasteiger partial charge is 0.352 e. The Morgan fingerprint density at radius 1 is 0.727 bits per heavy atom. The van der Waals surface area contributed by atoms with Crippen molar-refractivity contribution in [2.75, 3.05) is 37.6 Å². The average molecular weight is 451 g/mol. The molecule has 1 fully saturated rings. The highest BCUT2D eigenvalue weighted by atomic mass is 16.2. The lowest BCUT2D eigenvalue weighted by Gasteiger charge is -2.35. The number of amides is 2. The summed E-state index contributed by atoms with van der Waals surface area (Å²) in [5.41, 5.74) is 2.07. The molecule has 0 atom stereocenters. The minimum absolute atomic E-state index is 0.0101. The number of hydrogen-bond donors (Lipinski definition) is 1. The molecule has 0 unspecified atom stereocenters. The van der Waals surface area contributed by atoms with Gasteiger partial charge in [0.15, 0.2) is 11.5 Å². The molecule has 2 amide bonds. The van der Waals surface area contributed by atoms with Gasteiger partial charge >= 0.3 is 0 Å². The number of fused-ring (bicyclic) bond motifs is 2. The minimum atomic E-state index is -0.173. The minimum Gasteiger partial charge on any atom is -0.352 e. The van der Waals surface area contributed by atoms with E-state index >= 15 is 0 Å². The number of rotatable bonds is 0. The van der Waals surface area contributed by atoms with Gasteiger partial charge in [-0.3, -0.25) is 14.6 Å². The predicted molar refractivity (Wildman–Crippen MR) is 127 cm³/mol. The number of carbonyl (C=O) groups excluding carboxylic acids is 2. The van der Waals surface area contributed by atoms with E-state index in [-0.39, 0.29) is 11.8 Å². The molecule has 0 aliphatic carbocycles. The van der Waals surface area contributed by atoms with Crippen LogP contribution in [0.4, 0.5) is 5.82 Å². The van der Waals surface area contributed by atoms with Crippen LogP contribution in [0, 0.1) is 0 Å². The third-order valence-corrected chi connectivity index (χ3v) is 6.50. The fraction of sp³-hybridized carbons (Fsp3) is 0.560.